The SMILES string of the molecule is Nc1cc(-c2cncn2Cc2ccc(Br)cc2)ccn1. The van der Waals surface area contributed by atoms with Crippen LogP contribution < -0.4 is 5.73 Å². The molecule has 2 N–H and O–H groups in total. The van der Waals surface area contributed by atoms with E-state index in [4.69, 9.17) is 5.73 Å². The van der Waals surface area contributed by atoms with Crippen molar-refractivity contribution in [2.24, 2.45) is 0 Å². The molecule has 2 aromatic heterocycles. The van der Waals surface area contributed by atoms with Crippen molar-refractivity contribution in [3.8, 4) is 11.3 Å². The summed E-state index contributed by atoms with van der Waals surface area (Å²) in [6.07, 6.45) is 5.38. The maximum absolute atomic E-state index is 5.74. The van der Waals surface area contributed by atoms with Gasteiger partial charge in [0.25, 0.3) is 0 Å². The molecule has 2 heterocycles. The average molecular weight is 329 g/mol. The fourth-order valence-electron chi connectivity index (χ4n) is 2.08. The van der Waals surface area contributed by atoms with Crippen LogP contribution in [-0.4, -0.2) is 14.5 Å². The van der Waals surface area contributed by atoms with Crippen molar-refractivity contribution in [1.29, 1.82) is 0 Å². The number of benzene rings is 1. The summed E-state index contributed by atoms with van der Waals surface area (Å²) in [5.74, 6) is 0.513. The number of nitrogens with zero attached hydrogens (tertiary/aromatic N) is 3. The first-order chi connectivity index (χ1) is 9.72. The fourth-order valence-corrected chi connectivity index (χ4v) is 2.35. The molecule has 4 nitrogen and oxygen atoms in total. The van der Waals surface area contributed by atoms with Crippen LogP contribution in [-0.2, 0) is 6.54 Å². The molecule has 20 heavy (non-hydrogen) atoms. The van der Waals surface area contributed by atoms with Gasteiger partial charge in [0.15, 0.2) is 0 Å². The van der Waals surface area contributed by atoms with Crippen molar-refractivity contribution in [2.75, 3.05) is 5.73 Å². The molecule has 0 saturated heterocycles. The third-order valence-electron chi connectivity index (χ3n) is 3.06. The van der Waals surface area contributed by atoms with Gasteiger partial charge in [-0.15, -0.1) is 0 Å². The number of halogens is 1. The van der Waals surface area contributed by atoms with Gasteiger partial charge in [0.2, 0.25) is 0 Å². The van der Waals surface area contributed by atoms with E-state index in [0.717, 1.165) is 22.3 Å². The number of anilines is 1. The van der Waals surface area contributed by atoms with E-state index >= 15 is 0 Å². The van der Waals surface area contributed by atoms with Crippen LogP contribution in [0.2, 0.25) is 0 Å². The second-order valence-electron chi connectivity index (χ2n) is 4.50. The fraction of sp³-hybridized carbons (Fsp3) is 0.0667. The van der Waals surface area contributed by atoms with E-state index < -0.39 is 0 Å². The van der Waals surface area contributed by atoms with E-state index in [2.05, 4.69) is 42.6 Å². The van der Waals surface area contributed by atoms with Gasteiger partial charge in [-0.2, -0.15) is 0 Å². The van der Waals surface area contributed by atoms with Crippen LogP contribution in [0, 0.1) is 0 Å². The number of nitrogen functional groups attached to an aromatic ring is 1. The van der Waals surface area contributed by atoms with Crippen LogP contribution in [0.3, 0.4) is 0 Å². The molecule has 0 spiro atoms. The number of rotatable bonds is 3. The molecule has 0 fully saturated rings. The highest BCUT2D eigenvalue weighted by molar-refractivity contribution is 9.10. The lowest BCUT2D eigenvalue weighted by molar-refractivity contribution is 0.804. The molecular weight excluding hydrogens is 316 g/mol. The van der Waals surface area contributed by atoms with Gasteiger partial charge in [0.05, 0.1) is 18.2 Å². The maximum Gasteiger partial charge on any atom is 0.123 e. The minimum atomic E-state index is 0.513. The zero-order chi connectivity index (χ0) is 13.9. The molecule has 0 aliphatic heterocycles. The molecule has 0 amide bonds. The van der Waals surface area contributed by atoms with Crippen LogP contribution in [0.25, 0.3) is 11.3 Å². The Kier molecular flexibility index (Phi) is 3.52. The summed E-state index contributed by atoms with van der Waals surface area (Å²) in [5.41, 5.74) is 9.01. The zero-order valence-corrected chi connectivity index (χ0v) is 12.3. The minimum absolute atomic E-state index is 0.513. The van der Waals surface area contributed by atoms with Gasteiger partial charge >= 0.3 is 0 Å². The van der Waals surface area contributed by atoms with E-state index in [0.29, 0.717) is 5.82 Å². The first-order valence-corrected chi connectivity index (χ1v) is 6.98. The van der Waals surface area contributed by atoms with Gasteiger partial charge in [-0.1, -0.05) is 28.1 Å². The molecule has 0 saturated carbocycles. The Morgan fingerprint density at radius 3 is 2.70 bits per heavy atom. The molecule has 0 radical (unpaired) electrons. The summed E-state index contributed by atoms with van der Waals surface area (Å²) in [4.78, 5) is 8.25. The van der Waals surface area contributed by atoms with E-state index in [1.807, 2.05) is 36.8 Å². The lowest BCUT2D eigenvalue weighted by atomic mass is 10.2. The summed E-state index contributed by atoms with van der Waals surface area (Å²) in [6, 6.07) is 12.1. The highest BCUT2D eigenvalue weighted by Gasteiger charge is 2.06. The third kappa shape index (κ3) is 2.72. The van der Waals surface area contributed by atoms with E-state index in [1.165, 1.54) is 5.56 Å². The Bertz CT molecular complexity index is 719. The van der Waals surface area contributed by atoms with Crippen molar-refractivity contribution in [3.63, 3.8) is 0 Å². The first-order valence-electron chi connectivity index (χ1n) is 6.19. The molecule has 1 aromatic carbocycles. The van der Waals surface area contributed by atoms with E-state index in [9.17, 15) is 0 Å². The molecule has 0 aliphatic carbocycles. The van der Waals surface area contributed by atoms with Crippen LogP contribution in [0.4, 0.5) is 5.82 Å². The lowest BCUT2D eigenvalue weighted by Crippen LogP contribution is -2.00. The Morgan fingerprint density at radius 1 is 1.15 bits per heavy atom. The molecule has 0 aliphatic rings. The van der Waals surface area contributed by atoms with Gasteiger partial charge in [0, 0.05) is 22.8 Å². The Morgan fingerprint density at radius 2 is 1.95 bits per heavy atom. The first kappa shape index (κ1) is 12.9. The molecular formula is C15H13BrN4. The topological polar surface area (TPSA) is 56.7 Å². The predicted molar refractivity (Wildman–Crippen MR) is 83.1 cm³/mol. The molecule has 100 valence electrons. The predicted octanol–water partition coefficient (Wildman–Crippen LogP) is 3.34. The quantitative estimate of drug-likeness (QED) is 0.802. The van der Waals surface area contributed by atoms with Crippen molar-refractivity contribution >= 4 is 21.7 Å². The summed E-state index contributed by atoms with van der Waals surface area (Å²) in [6.45, 7) is 0.769. The monoisotopic (exact) mass is 328 g/mol. The minimum Gasteiger partial charge on any atom is -0.384 e. The third-order valence-corrected chi connectivity index (χ3v) is 3.58. The molecule has 3 aromatic rings. The number of pyridine rings is 1. The number of hydrogen-bond donors (Lipinski definition) is 1. The Hall–Kier alpha value is -2.14. The standard InChI is InChI=1S/C15H13BrN4/c16-13-3-1-11(2-4-13)9-20-10-18-8-14(20)12-5-6-19-15(17)7-12/h1-8,10H,9H2,(H2,17,19). The summed E-state index contributed by atoms with van der Waals surface area (Å²) >= 11 is 3.44. The van der Waals surface area contributed by atoms with E-state index in [-0.39, 0.29) is 0 Å². The van der Waals surface area contributed by atoms with Crippen LogP contribution in [0.1, 0.15) is 5.56 Å². The molecule has 5 heteroatoms. The lowest BCUT2D eigenvalue weighted by Gasteiger charge is -2.09. The Balaban J connectivity index is 1.92. The molecule has 0 bridgehead atoms. The smallest absolute Gasteiger partial charge is 0.123 e. The van der Waals surface area contributed by atoms with Gasteiger partial charge in [-0.05, 0) is 29.8 Å². The molecule has 0 unspecified atom stereocenters. The number of aromatic nitrogens is 3. The molecule has 0 atom stereocenters. The zero-order valence-electron chi connectivity index (χ0n) is 10.7. The van der Waals surface area contributed by atoms with Gasteiger partial charge in [-0.3, -0.25) is 0 Å². The second kappa shape index (κ2) is 5.46. The van der Waals surface area contributed by atoms with E-state index in [1.54, 1.807) is 6.20 Å². The summed E-state index contributed by atoms with van der Waals surface area (Å²) in [7, 11) is 0. The average Bonchev–Trinajstić information content (AvgIpc) is 2.89. The second-order valence-corrected chi connectivity index (χ2v) is 5.42. The van der Waals surface area contributed by atoms with Crippen LogP contribution >= 0.6 is 15.9 Å². The van der Waals surface area contributed by atoms with Crippen molar-refractivity contribution in [3.05, 3.63) is 65.2 Å². The highest BCUT2D eigenvalue weighted by Crippen LogP contribution is 2.21. The van der Waals surface area contributed by atoms with Gasteiger partial charge in [-0.25, -0.2) is 9.97 Å². The largest absolute Gasteiger partial charge is 0.384 e. The van der Waals surface area contributed by atoms with Crippen molar-refractivity contribution < 1.29 is 0 Å². The maximum atomic E-state index is 5.74. The Labute approximate surface area is 125 Å². The van der Waals surface area contributed by atoms with Crippen LogP contribution in [0.15, 0.2) is 59.6 Å². The highest BCUT2D eigenvalue weighted by atomic mass is 79.9. The van der Waals surface area contributed by atoms with Gasteiger partial charge in [0.1, 0.15) is 5.82 Å². The summed E-state index contributed by atoms with van der Waals surface area (Å²) in [5, 5.41) is 0. The molecule has 3 rings (SSSR count). The number of nitrogens with two attached hydrogens (primary N) is 1. The number of hydrogen-bond acceptors (Lipinski definition) is 3. The van der Waals surface area contributed by atoms with Crippen LogP contribution in [0.5, 0.6) is 0 Å². The van der Waals surface area contributed by atoms with Crippen molar-refractivity contribution in [2.45, 2.75) is 6.54 Å². The van der Waals surface area contributed by atoms with Crippen molar-refractivity contribution in [1.82, 2.24) is 14.5 Å². The van der Waals surface area contributed by atoms with Gasteiger partial charge < -0.3 is 10.3 Å². The number of imidazole rings is 1. The summed E-state index contributed by atoms with van der Waals surface area (Å²) < 4.78 is 3.17. The normalized spacial score (nSPS) is 10.7.